The first-order valence-corrected chi connectivity index (χ1v) is 8.15. The number of hydrogen-bond acceptors (Lipinski definition) is 3. The van der Waals surface area contributed by atoms with Gasteiger partial charge in [0, 0.05) is 5.56 Å². The van der Waals surface area contributed by atoms with Crippen LogP contribution in [-0.2, 0) is 11.2 Å². The highest BCUT2D eigenvalue weighted by Gasteiger charge is 2.14. The number of carboxylic acid groups (broad SMARTS) is 1. The zero-order chi connectivity index (χ0) is 17.1. The second-order valence-corrected chi connectivity index (χ2v) is 6.70. The van der Waals surface area contributed by atoms with Gasteiger partial charge >= 0.3 is 5.97 Å². The van der Waals surface area contributed by atoms with Crippen molar-refractivity contribution in [2.24, 2.45) is 0 Å². The molecule has 122 valence electrons. The van der Waals surface area contributed by atoms with Crippen LogP contribution in [0.3, 0.4) is 0 Å². The summed E-state index contributed by atoms with van der Waals surface area (Å²) in [5, 5.41) is 19.0. The minimum Gasteiger partial charge on any atom is -0.508 e. The van der Waals surface area contributed by atoms with Crippen molar-refractivity contribution < 1.29 is 19.7 Å². The third-order valence-electron chi connectivity index (χ3n) is 3.25. The van der Waals surface area contributed by atoms with E-state index in [1.807, 2.05) is 13.8 Å². The average Bonchev–Trinajstić information content (AvgIpc) is 2.43. The van der Waals surface area contributed by atoms with Gasteiger partial charge in [0.15, 0.2) is 5.75 Å². The number of aromatic hydroxyl groups is 1. The molecular formula is C17H16BrClO4. The van der Waals surface area contributed by atoms with E-state index < -0.39 is 5.97 Å². The quantitative estimate of drug-likeness (QED) is 0.711. The molecule has 2 aromatic rings. The molecule has 0 spiro atoms. The normalized spacial score (nSPS) is 10.8. The van der Waals surface area contributed by atoms with Crippen LogP contribution in [0.15, 0.2) is 34.8 Å². The van der Waals surface area contributed by atoms with E-state index >= 15 is 0 Å². The van der Waals surface area contributed by atoms with Crippen LogP contribution in [0.2, 0.25) is 5.02 Å². The standard InChI is InChI=1S/C17H16BrClO4/c1-9(2)12-8-11(3-4-15(12)20)23-17-13(18)5-10(6-14(17)19)7-16(21)22/h3-6,8-9,20H,7H2,1-2H3,(H,21,22). The van der Waals surface area contributed by atoms with Gasteiger partial charge in [-0.2, -0.15) is 0 Å². The molecule has 0 fully saturated rings. The van der Waals surface area contributed by atoms with Crippen LogP contribution >= 0.6 is 27.5 Å². The van der Waals surface area contributed by atoms with Crippen molar-refractivity contribution in [2.45, 2.75) is 26.2 Å². The molecule has 0 atom stereocenters. The summed E-state index contributed by atoms with van der Waals surface area (Å²) in [6.07, 6.45) is -0.116. The summed E-state index contributed by atoms with van der Waals surface area (Å²) < 4.78 is 6.38. The number of phenolic OH excluding ortho intramolecular Hbond substituents is 1. The van der Waals surface area contributed by atoms with Gasteiger partial charge in [0.1, 0.15) is 11.5 Å². The van der Waals surface area contributed by atoms with E-state index in [0.29, 0.717) is 26.6 Å². The number of carboxylic acids is 1. The Bertz CT molecular complexity index is 720. The lowest BCUT2D eigenvalue weighted by molar-refractivity contribution is -0.136. The maximum Gasteiger partial charge on any atom is 0.307 e. The number of carbonyl (C=O) groups is 1. The number of ether oxygens (including phenoxy) is 1. The Hall–Kier alpha value is -1.72. The second-order valence-electron chi connectivity index (χ2n) is 5.44. The van der Waals surface area contributed by atoms with Gasteiger partial charge in [0.05, 0.1) is 15.9 Å². The zero-order valence-electron chi connectivity index (χ0n) is 12.6. The highest BCUT2D eigenvalue weighted by Crippen LogP contribution is 2.39. The first kappa shape index (κ1) is 17.6. The molecular weight excluding hydrogens is 384 g/mol. The first-order valence-electron chi connectivity index (χ1n) is 6.98. The minimum atomic E-state index is -0.929. The van der Waals surface area contributed by atoms with E-state index in [1.54, 1.807) is 30.3 Å². The molecule has 0 aromatic heterocycles. The van der Waals surface area contributed by atoms with Crippen LogP contribution in [0.25, 0.3) is 0 Å². The summed E-state index contributed by atoms with van der Waals surface area (Å²) in [7, 11) is 0. The summed E-state index contributed by atoms with van der Waals surface area (Å²) in [5.41, 5.74) is 1.35. The van der Waals surface area contributed by atoms with Crippen LogP contribution < -0.4 is 4.74 Å². The summed E-state index contributed by atoms with van der Waals surface area (Å²) >= 11 is 9.56. The fraction of sp³-hybridized carbons (Fsp3) is 0.235. The van der Waals surface area contributed by atoms with Gasteiger partial charge in [-0.3, -0.25) is 4.79 Å². The molecule has 2 rings (SSSR count). The Morgan fingerprint density at radius 3 is 2.57 bits per heavy atom. The summed E-state index contributed by atoms with van der Waals surface area (Å²) in [5.74, 6) is 0.382. The molecule has 0 saturated carbocycles. The molecule has 0 unspecified atom stereocenters. The predicted molar refractivity (Wildman–Crippen MR) is 92.8 cm³/mol. The minimum absolute atomic E-state index is 0.116. The molecule has 0 heterocycles. The molecule has 6 heteroatoms. The smallest absolute Gasteiger partial charge is 0.307 e. The molecule has 0 saturated heterocycles. The van der Waals surface area contributed by atoms with Crippen molar-refractivity contribution >= 4 is 33.5 Å². The Kier molecular flexibility index (Phi) is 5.55. The molecule has 23 heavy (non-hydrogen) atoms. The van der Waals surface area contributed by atoms with Crippen LogP contribution in [-0.4, -0.2) is 16.2 Å². The van der Waals surface area contributed by atoms with Gasteiger partial charge in [-0.05, 0) is 57.7 Å². The Morgan fingerprint density at radius 1 is 1.30 bits per heavy atom. The van der Waals surface area contributed by atoms with Gasteiger partial charge in [-0.15, -0.1) is 0 Å². The number of rotatable bonds is 5. The largest absolute Gasteiger partial charge is 0.508 e. The van der Waals surface area contributed by atoms with Gasteiger partial charge in [-0.25, -0.2) is 0 Å². The number of hydrogen-bond donors (Lipinski definition) is 2. The van der Waals surface area contributed by atoms with Crippen molar-refractivity contribution in [3.63, 3.8) is 0 Å². The molecule has 2 N–H and O–H groups in total. The maximum absolute atomic E-state index is 10.8. The number of halogens is 2. The van der Waals surface area contributed by atoms with E-state index in [9.17, 15) is 9.90 Å². The van der Waals surface area contributed by atoms with Crippen molar-refractivity contribution in [3.05, 3.63) is 51.0 Å². The molecule has 4 nitrogen and oxygen atoms in total. The zero-order valence-corrected chi connectivity index (χ0v) is 15.0. The highest BCUT2D eigenvalue weighted by molar-refractivity contribution is 9.10. The van der Waals surface area contributed by atoms with Crippen LogP contribution in [0.5, 0.6) is 17.2 Å². The van der Waals surface area contributed by atoms with E-state index in [0.717, 1.165) is 5.56 Å². The summed E-state index contributed by atoms with van der Waals surface area (Å²) in [6.45, 7) is 3.95. The summed E-state index contributed by atoms with van der Waals surface area (Å²) in [6, 6.07) is 8.22. The Labute approximate surface area is 147 Å². The predicted octanol–water partition coefficient (Wildman–Crippen LogP) is 5.35. The maximum atomic E-state index is 10.8. The second kappa shape index (κ2) is 7.23. The van der Waals surface area contributed by atoms with Crippen LogP contribution in [0.1, 0.15) is 30.9 Å². The van der Waals surface area contributed by atoms with Crippen LogP contribution in [0.4, 0.5) is 0 Å². The average molecular weight is 400 g/mol. The van der Waals surface area contributed by atoms with E-state index in [4.69, 9.17) is 21.4 Å². The Balaban J connectivity index is 2.33. The van der Waals surface area contributed by atoms with Crippen molar-refractivity contribution in [2.75, 3.05) is 0 Å². The molecule has 0 aliphatic heterocycles. The molecule has 2 aromatic carbocycles. The fourth-order valence-electron chi connectivity index (χ4n) is 2.16. The molecule has 0 aliphatic carbocycles. The number of aliphatic carboxylic acids is 1. The van der Waals surface area contributed by atoms with Crippen molar-refractivity contribution in [1.29, 1.82) is 0 Å². The first-order chi connectivity index (χ1) is 10.8. The molecule has 0 radical (unpaired) electrons. The van der Waals surface area contributed by atoms with E-state index in [-0.39, 0.29) is 18.1 Å². The summed E-state index contributed by atoms with van der Waals surface area (Å²) in [4.78, 5) is 10.8. The van der Waals surface area contributed by atoms with E-state index in [2.05, 4.69) is 15.9 Å². The molecule has 0 aliphatic rings. The highest BCUT2D eigenvalue weighted by atomic mass is 79.9. The Morgan fingerprint density at radius 2 is 2.00 bits per heavy atom. The van der Waals surface area contributed by atoms with Crippen molar-refractivity contribution in [3.8, 4) is 17.2 Å². The lowest BCUT2D eigenvalue weighted by Gasteiger charge is -2.14. The van der Waals surface area contributed by atoms with Crippen molar-refractivity contribution in [1.82, 2.24) is 0 Å². The monoisotopic (exact) mass is 398 g/mol. The lowest BCUT2D eigenvalue weighted by atomic mass is 10.0. The lowest BCUT2D eigenvalue weighted by Crippen LogP contribution is -2.00. The SMILES string of the molecule is CC(C)c1cc(Oc2c(Cl)cc(CC(=O)O)cc2Br)ccc1O. The van der Waals surface area contributed by atoms with Gasteiger partial charge in [0.2, 0.25) is 0 Å². The number of benzene rings is 2. The van der Waals surface area contributed by atoms with Gasteiger partial charge in [0.25, 0.3) is 0 Å². The fourth-order valence-corrected chi connectivity index (χ4v) is 3.15. The van der Waals surface area contributed by atoms with Crippen LogP contribution in [0, 0.1) is 0 Å². The van der Waals surface area contributed by atoms with Gasteiger partial charge < -0.3 is 14.9 Å². The third kappa shape index (κ3) is 4.39. The number of phenols is 1. The topological polar surface area (TPSA) is 66.8 Å². The third-order valence-corrected chi connectivity index (χ3v) is 4.12. The van der Waals surface area contributed by atoms with E-state index in [1.165, 1.54) is 0 Å². The molecule has 0 amide bonds. The van der Waals surface area contributed by atoms with Gasteiger partial charge in [-0.1, -0.05) is 25.4 Å². The molecule has 0 bridgehead atoms.